The molecule has 1 nitrogen and oxygen atoms in total. The highest BCUT2D eigenvalue weighted by Gasteiger charge is 2.49. The zero-order valence-electron chi connectivity index (χ0n) is 12.2. The van der Waals surface area contributed by atoms with Gasteiger partial charge in [0.25, 0.3) is 0 Å². The van der Waals surface area contributed by atoms with Crippen LogP contribution in [0.5, 0.6) is 0 Å². The number of ketones is 1. The van der Waals surface area contributed by atoms with Crippen molar-refractivity contribution >= 4 is 5.78 Å². The van der Waals surface area contributed by atoms with Gasteiger partial charge in [0.05, 0.1) is 0 Å². The van der Waals surface area contributed by atoms with Gasteiger partial charge < -0.3 is 0 Å². The molecule has 6 atom stereocenters. The Labute approximate surface area is 122 Å². The lowest BCUT2D eigenvalue weighted by atomic mass is 9.55. The number of fused-ring (bicyclic) bond motifs is 5. The van der Waals surface area contributed by atoms with Crippen molar-refractivity contribution in [2.75, 3.05) is 0 Å². The Balaban J connectivity index is 1.59. The molecule has 4 rings (SSSR count). The van der Waals surface area contributed by atoms with E-state index in [0.29, 0.717) is 11.7 Å². The van der Waals surface area contributed by atoms with Crippen LogP contribution in [0.15, 0.2) is 11.6 Å². The predicted molar refractivity (Wildman–Crippen MR) is 79.8 cm³/mol. The minimum Gasteiger partial charge on any atom is -0.295 e. The summed E-state index contributed by atoms with van der Waals surface area (Å²) in [6.07, 6.45) is 17.5. The third-order valence-corrected chi connectivity index (χ3v) is 6.83. The zero-order chi connectivity index (χ0) is 13.7. The van der Waals surface area contributed by atoms with Gasteiger partial charge in [-0.05, 0) is 80.6 Å². The first-order chi connectivity index (χ1) is 9.78. The fourth-order valence-electron chi connectivity index (χ4n) is 6.05. The molecule has 4 aliphatic rings. The van der Waals surface area contributed by atoms with E-state index in [1.807, 2.05) is 6.08 Å². The predicted octanol–water partition coefficient (Wildman–Crippen LogP) is 3.99. The van der Waals surface area contributed by atoms with Crippen molar-refractivity contribution in [3.05, 3.63) is 11.6 Å². The van der Waals surface area contributed by atoms with Crippen LogP contribution >= 0.6 is 0 Å². The zero-order valence-corrected chi connectivity index (χ0v) is 12.2. The molecule has 106 valence electrons. The first-order valence-corrected chi connectivity index (χ1v) is 8.47. The van der Waals surface area contributed by atoms with Crippen molar-refractivity contribution in [2.24, 2.45) is 35.5 Å². The molecule has 0 spiro atoms. The highest BCUT2D eigenvalue weighted by Crippen LogP contribution is 2.57. The molecule has 0 amide bonds. The van der Waals surface area contributed by atoms with E-state index in [2.05, 4.69) is 5.92 Å². The number of carbonyl (C=O) groups excluding carboxylic acids is 1. The quantitative estimate of drug-likeness (QED) is 0.607. The summed E-state index contributed by atoms with van der Waals surface area (Å²) in [6, 6.07) is 0. The summed E-state index contributed by atoms with van der Waals surface area (Å²) in [7, 11) is 0. The number of allylic oxidation sites excluding steroid dienone is 1. The van der Waals surface area contributed by atoms with Gasteiger partial charge in [-0.2, -0.15) is 0 Å². The maximum absolute atomic E-state index is 11.6. The maximum atomic E-state index is 11.6. The van der Waals surface area contributed by atoms with E-state index < -0.39 is 0 Å². The minimum absolute atomic E-state index is 0.372. The Morgan fingerprint density at radius 2 is 1.65 bits per heavy atom. The van der Waals surface area contributed by atoms with Gasteiger partial charge in [0.15, 0.2) is 5.78 Å². The summed E-state index contributed by atoms with van der Waals surface area (Å²) in [5.74, 6) is 8.21. The molecule has 20 heavy (non-hydrogen) atoms. The van der Waals surface area contributed by atoms with Gasteiger partial charge >= 0.3 is 0 Å². The van der Waals surface area contributed by atoms with E-state index in [1.165, 1.54) is 44.1 Å². The molecule has 0 aromatic carbocycles. The summed E-state index contributed by atoms with van der Waals surface area (Å²) in [5, 5.41) is 0. The molecule has 0 N–H and O–H groups in total. The van der Waals surface area contributed by atoms with Crippen LogP contribution in [0.4, 0.5) is 0 Å². The van der Waals surface area contributed by atoms with Gasteiger partial charge in [0.1, 0.15) is 0 Å². The molecule has 0 bridgehead atoms. The van der Waals surface area contributed by atoms with E-state index >= 15 is 0 Å². The van der Waals surface area contributed by atoms with Crippen molar-refractivity contribution in [3.8, 4) is 12.3 Å². The molecule has 0 heterocycles. The number of hydrogen-bond donors (Lipinski definition) is 0. The van der Waals surface area contributed by atoms with Crippen LogP contribution in [0.25, 0.3) is 0 Å². The van der Waals surface area contributed by atoms with Gasteiger partial charge in [-0.1, -0.05) is 5.57 Å². The normalized spacial score (nSPS) is 46.8. The number of terminal acetylenes is 1. The molecule has 0 radical (unpaired) electrons. The third kappa shape index (κ3) is 1.80. The lowest BCUT2D eigenvalue weighted by molar-refractivity contribution is -0.115. The lowest BCUT2D eigenvalue weighted by Gasteiger charge is -2.49. The summed E-state index contributed by atoms with van der Waals surface area (Å²) in [5.41, 5.74) is 1.49. The number of hydrogen-bond acceptors (Lipinski definition) is 1. The average Bonchev–Trinajstić information content (AvgIpc) is 2.89. The second-order valence-corrected chi connectivity index (χ2v) is 7.45. The molecule has 0 saturated heterocycles. The van der Waals surface area contributed by atoms with Gasteiger partial charge in [-0.15, -0.1) is 12.3 Å². The monoisotopic (exact) mass is 268 g/mol. The summed E-state index contributed by atoms with van der Waals surface area (Å²) < 4.78 is 0. The van der Waals surface area contributed by atoms with Crippen molar-refractivity contribution in [1.29, 1.82) is 0 Å². The average molecular weight is 268 g/mol. The standard InChI is InChI=1S/C19H24O/c1-2-12-3-6-17-15(12)9-10-18-16-8-5-14(20)11-13(16)4-7-19(17)18/h1,11-12,15-19H,3-10H2/t12?,15-,16+,17-,18-,19+/m1/s1. The first-order valence-electron chi connectivity index (χ1n) is 8.47. The van der Waals surface area contributed by atoms with Crippen molar-refractivity contribution < 1.29 is 4.79 Å². The molecule has 3 fully saturated rings. The highest BCUT2D eigenvalue weighted by atomic mass is 16.1. The van der Waals surface area contributed by atoms with Crippen molar-refractivity contribution in [2.45, 2.75) is 51.4 Å². The molecule has 1 unspecified atom stereocenters. The van der Waals surface area contributed by atoms with Gasteiger partial charge in [0, 0.05) is 12.3 Å². The summed E-state index contributed by atoms with van der Waals surface area (Å²) >= 11 is 0. The second-order valence-electron chi connectivity index (χ2n) is 7.45. The van der Waals surface area contributed by atoms with Crippen LogP contribution in [-0.4, -0.2) is 5.78 Å². The van der Waals surface area contributed by atoms with Crippen molar-refractivity contribution in [3.63, 3.8) is 0 Å². The van der Waals surface area contributed by atoms with Crippen LogP contribution in [0.1, 0.15) is 51.4 Å². The topological polar surface area (TPSA) is 17.1 Å². The summed E-state index contributed by atoms with van der Waals surface area (Å²) in [6.45, 7) is 0. The molecule has 0 aliphatic heterocycles. The third-order valence-electron chi connectivity index (χ3n) is 6.83. The second kappa shape index (κ2) is 4.76. The Bertz CT molecular complexity index is 494. The Hall–Kier alpha value is -1.03. The molecule has 3 saturated carbocycles. The SMILES string of the molecule is C#CC1CC[C@H]2[C@@H]3CCC4=CC(=O)CC[C@@H]4[C@H]3CC[C@H]12. The Morgan fingerprint density at radius 1 is 0.900 bits per heavy atom. The highest BCUT2D eigenvalue weighted by molar-refractivity contribution is 5.91. The van der Waals surface area contributed by atoms with Crippen LogP contribution in [0.2, 0.25) is 0 Å². The Morgan fingerprint density at radius 3 is 2.50 bits per heavy atom. The van der Waals surface area contributed by atoms with E-state index in [1.54, 1.807) is 0 Å². The molecule has 4 aliphatic carbocycles. The maximum Gasteiger partial charge on any atom is 0.155 e. The van der Waals surface area contributed by atoms with Gasteiger partial charge in [0.2, 0.25) is 0 Å². The fraction of sp³-hybridized carbons (Fsp3) is 0.737. The minimum atomic E-state index is 0.372. The van der Waals surface area contributed by atoms with E-state index in [-0.39, 0.29) is 0 Å². The lowest BCUT2D eigenvalue weighted by Crippen LogP contribution is -2.41. The van der Waals surface area contributed by atoms with Gasteiger partial charge in [-0.25, -0.2) is 0 Å². The largest absolute Gasteiger partial charge is 0.295 e. The van der Waals surface area contributed by atoms with Crippen molar-refractivity contribution in [1.82, 2.24) is 0 Å². The molecular formula is C19H24O. The van der Waals surface area contributed by atoms with Crippen LogP contribution in [0, 0.1) is 47.9 Å². The van der Waals surface area contributed by atoms with E-state index in [9.17, 15) is 4.79 Å². The van der Waals surface area contributed by atoms with Gasteiger partial charge in [-0.3, -0.25) is 4.79 Å². The summed E-state index contributed by atoms with van der Waals surface area (Å²) in [4.78, 5) is 11.6. The van der Waals surface area contributed by atoms with Crippen LogP contribution in [0.3, 0.4) is 0 Å². The molecule has 1 heteroatoms. The molecule has 0 aromatic rings. The van der Waals surface area contributed by atoms with E-state index in [0.717, 1.165) is 42.4 Å². The fourth-order valence-corrected chi connectivity index (χ4v) is 6.05. The number of rotatable bonds is 0. The first kappa shape index (κ1) is 12.7. The number of carbonyl (C=O) groups is 1. The molecular weight excluding hydrogens is 244 g/mol. The molecule has 0 aromatic heterocycles. The van der Waals surface area contributed by atoms with E-state index in [4.69, 9.17) is 6.42 Å². The Kier molecular flexibility index (Phi) is 3.02. The van der Waals surface area contributed by atoms with Crippen LogP contribution < -0.4 is 0 Å². The van der Waals surface area contributed by atoms with Crippen LogP contribution in [-0.2, 0) is 4.79 Å². The smallest absolute Gasteiger partial charge is 0.155 e.